The Labute approximate surface area is 107 Å². The maximum absolute atomic E-state index is 11.6. The molecule has 1 aromatic heterocycles. The van der Waals surface area contributed by atoms with E-state index in [2.05, 4.69) is 26.3 Å². The highest BCUT2D eigenvalue weighted by Gasteiger charge is 2.22. The number of hydrogen-bond donors (Lipinski definition) is 2. The molecular weight excluding hydrogens is 290 g/mol. The van der Waals surface area contributed by atoms with Gasteiger partial charge in [-0.1, -0.05) is 13.8 Å². The number of rotatable bonds is 4. The Kier molecular flexibility index (Phi) is 4.28. The molecular formula is C10H14BrN3O3. The summed E-state index contributed by atoms with van der Waals surface area (Å²) in [6.07, 6.45) is 1.42. The zero-order valence-corrected chi connectivity index (χ0v) is 11.4. The van der Waals surface area contributed by atoms with E-state index in [4.69, 9.17) is 5.11 Å². The summed E-state index contributed by atoms with van der Waals surface area (Å²) in [5.41, 5.74) is 0.0668. The standard InChI is InChI=1S/C10H14BrN3O3/c1-5(2)8(10(16)17)13-6-4-12-14(3)9(15)7(6)11/h4-5,8,13H,1-3H3,(H,16,17). The van der Waals surface area contributed by atoms with Crippen molar-refractivity contribution in [1.82, 2.24) is 9.78 Å². The Morgan fingerprint density at radius 3 is 2.65 bits per heavy atom. The van der Waals surface area contributed by atoms with Crippen LogP contribution in [0.3, 0.4) is 0 Å². The van der Waals surface area contributed by atoms with E-state index in [1.807, 2.05) is 0 Å². The molecule has 0 amide bonds. The second kappa shape index (κ2) is 5.31. The van der Waals surface area contributed by atoms with Gasteiger partial charge in [-0.25, -0.2) is 9.48 Å². The van der Waals surface area contributed by atoms with Gasteiger partial charge in [-0.15, -0.1) is 0 Å². The minimum Gasteiger partial charge on any atom is -0.480 e. The molecule has 0 saturated carbocycles. The van der Waals surface area contributed by atoms with Gasteiger partial charge in [-0.05, 0) is 21.8 Å². The maximum Gasteiger partial charge on any atom is 0.326 e. The first-order valence-electron chi connectivity index (χ1n) is 5.05. The van der Waals surface area contributed by atoms with E-state index >= 15 is 0 Å². The quantitative estimate of drug-likeness (QED) is 0.869. The van der Waals surface area contributed by atoms with Crippen molar-refractivity contribution in [3.8, 4) is 0 Å². The summed E-state index contributed by atoms with van der Waals surface area (Å²) >= 11 is 3.13. The van der Waals surface area contributed by atoms with Crippen LogP contribution in [0.4, 0.5) is 5.69 Å². The molecule has 94 valence electrons. The second-order valence-corrected chi connectivity index (χ2v) is 4.80. The highest BCUT2D eigenvalue weighted by molar-refractivity contribution is 9.10. The molecule has 1 aromatic rings. The smallest absolute Gasteiger partial charge is 0.326 e. The second-order valence-electron chi connectivity index (χ2n) is 4.01. The van der Waals surface area contributed by atoms with Gasteiger partial charge in [-0.2, -0.15) is 5.10 Å². The van der Waals surface area contributed by atoms with Crippen molar-refractivity contribution in [2.75, 3.05) is 5.32 Å². The van der Waals surface area contributed by atoms with E-state index in [1.54, 1.807) is 13.8 Å². The number of carboxylic acid groups (broad SMARTS) is 1. The summed E-state index contributed by atoms with van der Waals surface area (Å²) in [5, 5.41) is 15.7. The zero-order valence-electron chi connectivity index (χ0n) is 9.77. The molecule has 0 saturated heterocycles. The van der Waals surface area contributed by atoms with Crippen LogP contribution in [0.5, 0.6) is 0 Å². The number of carbonyl (C=O) groups is 1. The lowest BCUT2D eigenvalue weighted by atomic mass is 10.0. The summed E-state index contributed by atoms with van der Waals surface area (Å²) in [6, 6.07) is -0.764. The average molecular weight is 304 g/mol. The molecule has 1 rings (SSSR count). The van der Waals surface area contributed by atoms with E-state index in [0.29, 0.717) is 5.69 Å². The van der Waals surface area contributed by atoms with Crippen molar-refractivity contribution >= 4 is 27.6 Å². The molecule has 2 N–H and O–H groups in total. The largest absolute Gasteiger partial charge is 0.480 e. The van der Waals surface area contributed by atoms with Crippen LogP contribution in [0.25, 0.3) is 0 Å². The molecule has 6 nitrogen and oxygen atoms in total. The lowest BCUT2D eigenvalue weighted by Gasteiger charge is -2.19. The number of nitrogens with one attached hydrogen (secondary N) is 1. The Bertz CT molecular complexity index is 484. The van der Waals surface area contributed by atoms with Gasteiger partial charge in [0.2, 0.25) is 0 Å². The molecule has 1 heterocycles. The summed E-state index contributed by atoms with van der Waals surface area (Å²) in [7, 11) is 1.52. The number of aromatic nitrogens is 2. The number of hydrogen-bond acceptors (Lipinski definition) is 4. The van der Waals surface area contributed by atoms with E-state index in [9.17, 15) is 9.59 Å². The molecule has 1 unspecified atom stereocenters. The van der Waals surface area contributed by atoms with Crippen molar-refractivity contribution < 1.29 is 9.90 Å². The van der Waals surface area contributed by atoms with Crippen molar-refractivity contribution in [2.24, 2.45) is 13.0 Å². The number of aliphatic carboxylic acids is 1. The summed E-state index contributed by atoms with van der Waals surface area (Å²) in [6.45, 7) is 3.57. The van der Waals surface area contributed by atoms with Crippen LogP contribution >= 0.6 is 15.9 Å². The Hall–Kier alpha value is -1.37. The monoisotopic (exact) mass is 303 g/mol. The number of aryl methyl sites for hydroxylation is 1. The van der Waals surface area contributed by atoms with Gasteiger partial charge in [-0.3, -0.25) is 4.79 Å². The topological polar surface area (TPSA) is 84.2 Å². The first kappa shape index (κ1) is 13.7. The molecule has 0 fully saturated rings. The lowest BCUT2D eigenvalue weighted by Crippen LogP contribution is -2.35. The molecule has 0 aromatic carbocycles. The number of anilines is 1. The third kappa shape index (κ3) is 3.06. The fraction of sp³-hybridized carbons (Fsp3) is 0.500. The van der Waals surface area contributed by atoms with Gasteiger partial charge in [0.25, 0.3) is 5.56 Å². The average Bonchev–Trinajstić information content (AvgIpc) is 2.24. The molecule has 0 bridgehead atoms. The molecule has 0 spiro atoms. The maximum atomic E-state index is 11.6. The molecule has 1 atom stereocenters. The van der Waals surface area contributed by atoms with Gasteiger partial charge >= 0.3 is 5.97 Å². The van der Waals surface area contributed by atoms with E-state index in [0.717, 1.165) is 0 Å². The van der Waals surface area contributed by atoms with Gasteiger partial charge in [0.15, 0.2) is 0 Å². The van der Waals surface area contributed by atoms with Crippen LogP contribution in [0.15, 0.2) is 15.5 Å². The fourth-order valence-corrected chi connectivity index (χ4v) is 1.77. The lowest BCUT2D eigenvalue weighted by molar-refractivity contribution is -0.138. The fourth-order valence-electron chi connectivity index (χ4n) is 1.29. The van der Waals surface area contributed by atoms with Crippen molar-refractivity contribution in [2.45, 2.75) is 19.9 Å². The molecule has 0 aliphatic heterocycles. The molecule has 0 radical (unpaired) electrons. The Balaban J connectivity index is 3.07. The van der Waals surface area contributed by atoms with Crippen LogP contribution in [0.2, 0.25) is 0 Å². The van der Waals surface area contributed by atoms with Crippen molar-refractivity contribution in [3.05, 3.63) is 21.0 Å². The highest BCUT2D eigenvalue weighted by Crippen LogP contribution is 2.19. The van der Waals surface area contributed by atoms with Gasteiger partial charge < -0.3 is 10.4 Å². The minimum atomic E-state index is -0.965. The molecule has 0 aliphatic rings. The molecule has 7 heteroatoms. The Morgan fingerprint density at radius 1 is 1.59 bits per heavy atom. The zero-order chi connectivity index (χ0) is 13.2. The van der Waals surface area contributed by atoms with Gasteiger partial charge in [0.05, 0.1) is 11.9 Å². The highest BCUT2D eigenvalue weighted by atomic mass is 79.9. The molecule has 0 aliphatic carbocycles. The van der Waals surface area contributed by atoms with Crippen LogP contribution in [-0.4, -0.2) is 26.9 Å². The van der Waals surface area contributed by atoms with Crippen LogP contribution < -0.4 is 10.9 Å². The van der Waals surface area contributed by atoms with Gasteiger partial charge in [0.1, 0.15) is 10.5 Å². The number of nitrogens with zero attached hydrogens (tertiary/aromatic N) is 2. The SMILES string of the molecule is CC(C)C(Nc1cnn(C)c(=O)c1Br)C(=O)O. The summed E-state index contributed by atoms with van der Waals surface area (Å²) in [4.78, 5) is 22.6. The van der Waals surface area contributed by atoms with Crippen molar-refractivity contribution in [3.63, 3.8) is 0 Å². The van der Waals surface area contributed by atoms with Crippen LogP contribution in [0.1, 0.15) is 13.8 Å². The van der Waals surface area contributed by atoms with Gasteiger partial charge in [0, 0.05) is 7.05 Å². The number of carboxylic acids is 1. The predicted molar refractivity (Wildman–Crippen MR) is 67.1 cm³/mol. The number of halogens is 1. The first-order chi connectivity index (χ1) is 7.84. The molecule has 17 heavy (non-hydrogen) atoms. The summed E-state index contributed by atoms with van der Waals surface area (Å²) in [5.74, 6) is -1.07. The van der Waals surface area contributed by atoms with Crippen LogP contribution in [-0.2, 0) is 11.8 Å². The first-order valence-corrected chi connectivity index (χ1v) is 5.85. The Morgan fingerprint density at radius 2 is 2.18 bits per heavy atom. The normalized spacial score (nSPS) is 12.5. The summed E-state index contributed by atoms with van der Waals surface area (Å²) < 4.78 is 1.45. The van der Waals surface area contributed by atoms with Crippen molar-refractivity contribution in [1.29, 1.82) is 0 Å². The van der Waals surface area contributed by atoms with Crippen LogP contribution in [0, 0.1) is 5.92 Å². The van der Waals surface area contributed by atoms with E-state index < -0.39 is 12.0 Å². The van der Waals surface area contributed by atoms with E-state index in [1.165, 1.54) is 17.9 Å². The third-order valence-corrected chi connectivity index (χ3v) is 3.09. The third-order valence-electron chi connectivity index (χ3n) is 2.32. The predicted octanol–water partition coefficient (Wildman–Crippen LogP) is 1.06. The van der Waals surface area contributed by atoms with E-state index in [-0.39, 0.29) is 15.9 Å². The minimum absolute atomic E-state index is 0.108.